The number of likely N-dealkylation sites (N-methyl/N-ethyl adjacent to an activating group) is 1. The number of rotatable bonds is 15. The molecule has 2 rings (SSSR count). The number of carbonyl (C=O) groups excluding carboxylic acids is 2. The number of allylic oxidation sites excluding steroid dienone is 5. The van der Waals surface area contributed by atoms with Crippen LogP contribution in [0.15, 0.2) is 45.9 Å². The zero-order valence-corrected chi connectivity index (χ0v) is 26.8. The molecule has 2 amide bonds. The number of sulfone groups is 1. The van der Waals surface area contributed by atoms with E-state index in [4.69, 9.17) is 11.6 Å². The van der Waals surface area contributed by atoms with Crippen LogP contribution < -0.4 is 10.6 Å². The zero-order valence-electron chi connectivity index (χ0n) is 25.2. The first kappa shape index (κ1) is 36.1. The van der Waals surface area contributed by atoms with Crippen molar-refractivity contribution in [2.45, 2.75) is 83.3 Å². The Morgan fingerprint density at radius 3 is 2.43 bits per heavy atom. The van der Waals surface area contributed by atoms with E-state index in [1.807, 2.05) is 21.0 Å². The third kappa shape index (κ3) is 10.6. The van der Waals surface area contributed by atoms with Gasteiger partial charge in [-0.25, -0.2) is 8.42 Å². The van der Waals surface area contributed by atoms with Crippen LogP contribution in [0, 0.1) is 11.8 Å². The van der Waals surface area contributed by atoms with Crippen LogP contribution in [-0.2, 0) is 19.4 Å². The number of amides is 2. The molecule has 7 nitrogen and oxygen atoms in total. The van der Waals surface area contributed by atoms with Crippen molar-refractivity contribution in [2.75, 3.05) is 32.9 Å². The predicted octanol–water partition coefficient (Wildman–Crippen LogP) is 5.45. The highest BCUT2D eigenvalue weighted by Gasteiger charge is 2.43. The van der Waals surface area contributed by atoms with E-state index in [0.29, 0.717) is 18.5 Å². The minimum absolute atomic E-state index is 0.00209. The summed E-state index contributed by atoms with van der Waals surface area (Å²) in [5.74, 6) is -2.95. The molecule has 42 heavy (non-hydrogen) atoms. The fourth-order valence-corrected chi connectivity index (χ4v) is 6.68. The number of nitrogens with zero attached hydrogens (tertiary/aromatic N) is 1. The van der Waals surface area contributed by atoms with Crippen molar-refractivity contribution in [3.63, 3.8) is 0 Å². The molecule has 4 atom stereocenters. The largest absolute Gasteiger partial charge is 0.395 e. The molecule has 0 fully saturated rings. The standard InChI is InChI=1S/C30H45ClF3N3O4S/c1-6-23(36-28(38)19-37(4)5)12-10-8-9-11-21-13-14-22(17-25(21)30(32,33)34)29(39)35-18-24-20(3)26(31)15-16-27(24)42(40,41)7-2/h13-16,20,23,25-26H,6-12,17-19H2,1-5H3,(H,35,39)(H,36,38). The van der Waals surface area contributed by atoms with Crippen molar-refractivity contribution < 1.29 is 31.2 Å². The molecule has 238 valence electrons. The Balaban J connectivity index is 2.02. The van der Waals surface area contributed by atoms with Gasteiger partial charge in [-0.15, -0.1) is 11.6 Å². The maximum atomic E-state index is 14.0. The molecule has 0 aliphatic heterocycles. The first-order chi connectivity index (χ1) is 19.6. The third-order valence-corrected chi connectivity index (χ3v) is 10.2. The van der Waals surface area contributed by atoms with Gasteiger partial charge in [0.1, 0.15) is 0 Å². The van der Waals surface area contributed by atoms with Gasteiger partial charge in [0.2, 0.25) is 11.8 Å². The third-order valence-electron chi connectivity index (χ3n) is 7.82. The van der Waals surface area contributed by atoms with Crippen LogP contribution in [0.4, 0.5) is 13.2 Å². The Labute approximate surface area is 253 Å². The van der Waals surface area contributed by atoms with Crippen LogP contribution in [0.1, 0.15) is 65.7 Å². The Hall–Kier alpha value is -2.11. The Kier molecular flexibility index (Phi) is 13.8. The molecule has 0 radical (unpaired) electrons. The molecule has 0 aromatic carbocycles. The van der Waals surface area contributed by atoms with E-state index < -0.39 is 39.6 Å². The van der Waals surface area contributed by atoms with Gasteiger partial charge in [0.25, 0.3) is 0 Å². The van der Waals surface area contributed by atoms with Crippen LogP contribution in [0.2, 0.25) is 0 Å². The average Bonchev–Trinajstić information content (AvgIpc) is 2.91. The Morgan fingerprint density at radius 1 is 1.14 bits per heavy atom. The summed E-state index contributed by atoms with van der Waals surface area (Å²) in [4.78, 5) is 26.8. The molecule has 2 N–H and O–H groups in total. The molecule has 4 unspecified atom stereocenters. The molecule has 2 aliphatic rings. The van der Waals surface area contributed by atoms with Gasteiger partial charge < -0.3 is 15.5 Å². The fourth-order valence-electron chi connectivity index (χ4n) is 5.20. The number of nitrogens with one attached hydrogen (secondary N) is 2. The van der Waals surface area contributed by atoms with Gasteiger partial charge >= 0.3 is 6.18 Å². The highest BCUT2D eigenvalue weighted by molar-refractivity contribution is 7.95. The summed E-state index contributed by atoms with van der Waals surface area (Å²) in [6, 6.07) is 0.0372. The lowest BCUT2D eigenvalue weighted by molar-refractivity contribution is -0.164. The molecule has 12 heteroatoms. The van der Waals surface area contributed by atoms with Crippen molar-refractivity contribution in [1.82, 2.24) is 15.5 Å². The number of alkyl halides is 4. The quantitative estimate of drug-likeness (QED) is 0.184. The normalized spacial score (nSPS) is 22.1. The summed E-state index contributed by atoms with van der Waals surface area (Å²) in [7, 11) is 0.0648. The zero-order chi connectivity index (χ0) is 31.7. The summed E-state index contributed by atoms with van der Waals surface area (Å²) in [6.07, 6.45) is 4.80. The lowest BCUT2D eigenvalue weighted by Crippen LogP contribution is -2.39. The number of hydrogen-bond acceptors (Lipinski definition) is 5. The lowest BCUT2D eigenvalue weighted by Gasteiger charge is -2.28. The van der Waals surface area contributed by atoms with E-state index in [9.17, 15) is 31.2 Å². The molecule has 0 spiro atoms. The summed E-state index contributed by atoms with van der Waals surface area (Å²) in [5, 5.41) is 5.17. The Bertz CT molecular complexity index is 1190. The summed E-state index contributed by atoms with van der Waals surface area (Å²) >= 11 is 6.30. The predicted molar refractivity (Wildman–Crippen MR) is 162 cm³/mol. The van der Waals surface area contributed by atoms with Gasteiger partial charge in [0, 0.05) is 24.1 Å². The maximum absolute atomic E-state index is 14.0. The van der Waals surface area contributed by atoms with Crippen molar-refractivity contribution in [3.8, 4) is 0 Å². The number of halogens is 4. The summed E-state index contributed by atoms with van der Waals surface area (Å²) in [6.45, 7) is 5.45. The second-order valence-corrected chi connectivity index (χ2v) is 14.1. The van der Waals surface area contributed by atoms with E-state index in [2.05, 4.69) is 10.6 Å². The van der Waals surface area contributed by atoms with E-state index in [-0.39, 0.29) is 52.6 Å². The van der Waals surface area contributed by atoms with Gasteiger partial charge in [-0.1, -0.05) is 57.4 Å². The van der Waals surface area contributed by atoms with Gasteiger partial charge in [-0.2, -0.15) is 13.2 Å². The number of hydrogen-bond donors (Lipinski definition) is 2. The summed E-state index contributed by atoms with van der Waals surface area (Å²) < 4.78 is 67.2. The van der Waals surface area contributed by atoms with Gasteiger partial charge in [0.05, 0.1) is 28.5 Å². The topological polar surface area (TPSA) is 95.6 Å². The minimum atomic E-state index is -4.50. The number of carbonyl (C=O) groups is 2. The maximum Gasteiger partial charge on any atom is 0.395 e. The molecule has 0 heterocycles. The van der Waals surface area contributed by atoms with Crippen molar-refractivity contribution in [3.05, 3.63) is 45.9 Å². The van der Waals surface area contributed by atoms with E-state index in [1.165, 1.54) is 25.2 Å². The SMILES string of the molecule is CCC(CCCCCC1=CC=C(C(=O)NCC2=C(S(=O)(=O)CC)C=CC(Cl)C2C)CC1C(F)(F)F)NC(=O)CN(C)C. The van der Waals surface area contributed by atoms with Crippen LogP contribution in [0.3, 0.4) is 0 Å². The first-order valence-electron chi connectivity index (χ1n) is 14.6. The second-order valence-electron chi connectivity index (χ2n) is 11.3. The summed E-state index contributed by atoms with van der Waals surface area (Å²) in [5.41, 5.74) is 0.693. The second kappa shape index (κ2) is 16.1. The molecular weight excluding hydrogens is 591 g/mol. The molecule has 2 aliphatic carbocycles. The molecular formula is C30H45ClF3N3O4S. The van der Waals surface area contributed by atoms with Crippen molar-refractivity contribution in [1.29, 1.82) is 0 Å². The molecule has 0 aromatic heterocycles. The van der Waals surface area contributed by atoms with Gasteiger partial charge in [-0.05, 0) is 57.8 Å². The number of unbranched alkanes of at least 4 members (excludes halogenated alkanes) is 2. The first-order valence-corrected chi connectivity index (χ1v) is 16.7. The smallest absolute Gasteiger partial charge is 0.352 e. The van der Waals surface area contributed by atoms with Crippen LogP contribution in [0.25, 0.3) is 0 Å². The van der Waals surface area contributed by atoms with Gasteiger partial charge in [-0.3, -0.25) is 9.59 Å². The highest BCUT2D eigenvalue weighted by atomic mass is 35.5. The minimum Gasteiger partial charge on any atom is -0.352 e. The fraction of sp³-hybridized carbons (Fsp3) is 0.667. The van der Waals surface area contributed by atoms with Crippen molar-refractivity contribution in [2.24, 2.45) is 11.8 Å². The average molecular weight is 636 g/mol. The Morgan fingerprint density at radius 2 is 1.83 bits per heavy atom. The lowest BCUT2D eigenvalue weighted by atomic mass is 9.83. The van der Waals surface area contributed by atoms with Gasteiger partial charge in [0.15, 0.2) is 9.84 Å². The van der Waals surface area contributed by atoms with Crippen LogP contribution >= 0.6 is 11.6 Å². The molecule has 0 bridgehead atoms. The monoisotopic (exact) mass is 635 g/mol. The van der Waals surface area contributed by atoms with E-state index >= 15 is 0 Å². The highest BCUT2D eigenvalue weighted by Crippen LogP contribution is 2.41. The molecule has 0 aromatic rings. The van der Waals surface area contributed by atoms with E-state index in [1.54, 1.807) is 17.9 Å². The van der Waals surface area contributed by atoms with Crippen molar-refractivity contribution >= 4 is 33.3 Å². The molecule has 0 saturated carbocycles. The molecule has 0 saturated heterocycles. The van der Waals surface area contributed by atoms with Crippen LogP contribution in [0.5, 0.6) is 0 Å². The van der Waals surface area contributed by atoms with E-state index in [0.717, 1.165) is 25.7 Å². The van der Waals surface area contributed by atoms with Crippen LogP contribution in [-0.4, -0.2) is 75.7 Å².